The molecule has 0 unspecified atom stereocenters. The number of hydrogen-bond acceptors (Lipinski definition) is 5. The normalized spacial score (nSPS) is 13.4. The highest BCUT2D eigenvalue weighted by Gasteiger charge is 2.15. The summed E-state index contributed by atoms with van der Waals surface area (Å²) in [7, 11) is 0. The first-order chi connectivity index (χ1) is 12.2. The van der Waals surface area contributed by atoms with Crippen molar-refractivity contribution in [1.29, 1.82) is 0 Å². The number of ether oxygens (including phenoxy) is 1. The summed E-state index contributed by atoms with van der Waals surface area (Å²) in [6.45, 7) is 0.0161. The lowest BCUT2D eigenvalue weighted by Gasteiger charge is -2.08. The van der Waals surface area contributed by atoms with E-state index in [1.165, 1.54) is 35.6 Å². The van der Waals surface area contributed by atoms with Crippen LogP contribution in [-0.4, -0.2) is 5.97 Å². The van der Waals surface area contributed by atoms with Gasteiger partial charge in [-0.25, -0.2) is 9.59 Å². The van der Waals surface area contributed by atoms with E-state index in [0.717, 1.165) is 24.6 Å². The summed E-state index contributed by atoms with van der Waals surface area (Å²) < 4.78 is 15.7. The number of hydrogen-bond donors (Lipinski definition) is 0. The molecule has 25 heavy (non-hydrogen) atoms. The van der Waals surface area contributed by atoms with Crippen molar-refractivity contribution < 1.29 is 18.4 Å². The van der Waals surface area contributed by atoms with Crippen LogP contribution in [0.5, 0.6) is 0 Å². The Labute approximate surface area is 143 Å². The van der Waals surface area contributed by atoms with Gasteiger partial charge in [0.25, 0.3) is 0 Å². The largest absolute Gasteiger partial charge is 0.465 e. The van der Waals surface area contributed by atoms with Crippen LogP contribution in [0.2, 0.25) is 0 Å². The maximum Gasteiger partial charge on any atom is 0.336 e. The molecule has 2 heterocycles. The van der Waals surface area contributed by atoms with Crippen molar-refractivity contribution in [2.75, 3.05) is 0 Å². The molecule has 0 fully saturated rings. The molecular weight excluding hydrogens is 320 g/mol. The Balaban J connectivity index is 1.56. The average Bonchev–Trinajstić information content (AvgIpc) is 3.27. The molecule has 0 N–H and O–H groups in total. The van der Waals surface area contributed by atoms with Crippen LogP contribution in [0.15, 0.2) is 56.3 Å². The molecule has 1 aliphatic rings. The maximum absolute atomic E-state index is 11.9. The van der Waals surface area contributed by atoms with Gasteiger partial charge < -0.3 is 13.6 Å². The number of fused-ring (bicyclic) bond motifs is 2. The van der Waals surface area contributed by atoms with Crippen molar-refractivity contribution in [3.05, 3.63) is 75.5 Å². The molecular formula is C20H16O5. The van der Waals surface area contributed by atoms with Gasteiger partial charge >= 0.3 is 11.6 Å². The van der Waals surface area contributed by atoms with Crippen LogP contribution in [0.1, 0.15) is 28.9 Å². The minimum Gasteiger partial charge on any atom is -0.465 e. The number of aryl methyl sites for hydroxylation is 2. The number of furan rings is 1. The maximum atomic E-state index is 11.9. The monoisotopic (exact) mass is 336 g/mol. The van der Waals surface area contributed by atoms with Crippen LogP contribution >= 0.6 is 0 Å². The zero-order valence-corrected chi connectivity index (χ0v) is 13.5. The molecule has 0 saturated heterocycles. The molecule has 0 spiro atoms. The Morgan fingerprint density at radius 3 is 2.84 bits per heavy atom. The summed E-state index contributed by atoms with van der Waals surface area (Å²) in [6.07, 6.45) is 7.49. The standard InChI is InChI=1S/C20H16O5/c21-19(7-6-16-5-2-8-23-16)24-12-15-11-20(22)25-18-10-14-4-1-3-13(14)9-17(15)18/h2,5-11H,1,3-4,12H2/b7-6+. The van der Waals surface area contributed by atoms with Gasteiger partial charge in [-0.05, 0) is 60.7 Å². The van der Waals surface area contributed by atoms with E-state index in [1.54, 1.807) is 12.1 Å². The first-order valence-corrected chi connectivity index (χ1v) is 8.16. The molecule has 1 aromatic carbocycles. The molecule has 4 rings (SSSR count). The van der Waals surface area contributed by atoms with Crippen molar-refractivity contribution >= 4 is 23.0 Å². The minimum atomic E-state index is -0.501. The lowest BCUT2D eigenvalue weighted by Crippen LogP contribution is -2.06. The number of rotatable bonds is 4. The smallest absolute Gasteiger partial charge is 0.336 e. The molecule has 0 bridgehead atoms. The number of carbonyl (C=O) groups is 1. The molecule has 0 aliphatic heterocycles. The highest BCUT2D eigenvalue weighted by atomic mass is 16.5. The summed E-state index contributed by atoms with van der Waals surface area (Å²) in [5.74, 6) is 0.0669. The van der Waals surface area contributed by atoms with Gasteiger partial charge in [0.2, 0.25) is 0 Å². The van der Waals surface area contributed by atoms with Crippen molar-refractivity contribution in [1.82, 2.24) is 0 Å². The van der Waals surface area contributed by atoms with Crippen LogP contribution in [0.25, 0.3) is 17.0 Å². The topological polar surface area (TPSA) is 69.7 Å². The highest BCUT2D eigenvalue weighted by Crippen LogP contribution is 2.28. The Hall–Kier alpha value is -3.08. The van der Waals surface area contributed by atoms with Gasteiger partial charge in [-0.3, -0.25) is 0 Å². The molecule has 5 heteroatoms. The molecule has 5 nitrogen and oxygen atoms in total. The van der Waals surface area contributed by atoms with Crippen molar-refractivity contribution in [3.8, 4) is 0 Å². The fourth-order valence-corrected chi connectivity index (χ4v) is 3.15. The van der Waals surface area contributed by atoms with Crippen molar-refractivity contribution in [2.45, 2.75) is 25.9 Å². The predicted octanol–water partition coefficient (Wildman–Crippen LogP) is 3.63. The zero-order chi connectivity index (χ0) is 17.2. The molecule has 3 aromatic rings. The third kappa shape index (κ3) is 3.26. The third-order valence-electron chi connectivity index (χ3n) is 4.34. The lowest BCUT2D eigenvalue weighted by molar-refractivity contribution is -0.138. The second kappa shape index (κ2) is 6.43. The molecule has 0 saturated carbocycles. The van der Waals surface area contributed by atoms with E-state index in [2.05, 4.69) is 0 Å². The fourth-order valence-electron chi connectivity index (χ4n) is 3.15. The zero-order valence-electron chi connectivity index (χ0n) is 13.5. The van der Waals surface area contributed by atoms with Gasteiger partial charge in [-0.2, -0.15) is 0 Å². The van der Waals surface area contributed by atoms with E-state index in [4.69, 9.17) is 13.6 Å². The van der Waals surface area contributed by atoms with E-state index in [0.29, 0.717) is 16.9 Å². The number of esters is 1. The van der Waals surface area contributed by atoms with E-state index in [9.17, 15) is 9.59 Å². The first kappa shape index (κ1) is 15.4. The summed E-state index contributed by atoms with van der Waals surface area (Å²) in [5.41, 5.74) is 3.26. The van der Waals surface area contributed by atoms with E-state index in [-0.39, 0.29) is 6.61 Å². The quantitative estimate of drug-likeness (QED) is 0.413. The molecule has 1 aliphatic carbocycles. The SMILES string of the molecule is O=C(/C=C/c1ccco1)OCc1cc(=O)oc2cc3c(cc12)CCC3. The van der Waals surface area contributed by atoms with Gasteiger partial charge in [0.05, 0.1) is 6.26 Å². The fraction of sp³-hybridized carbons (Fsp3) is 0.200. The van der Waals surface area contributed by atoms with Crippen LogP contribution in [-0.2, 0) is 29.0 Å². The predicted molar refractivity (Wildman–Crippen MR) is 92.0 cm³/mol. The molecule has 0 amide bonds. The Bertz CT molecular complexity index is 1010. The second-order valence-corrected chi connectivity index (χ2v) is 6.02. The van der Waals surface area contributed by atoms with Crippen LogP contribution in [0.4, 0.5) is 0 Å². The van der Waals surface area contributed by atoms with Crippen LogP contribution in [0.3, 0.4) is 0 Å². The number of carbonyl (C=O) groups excluding carboxylic acids is 1. The highest BCUT2D eigenvalue weighted by molar-refractivity contribution is 5.87. The summed E-state index contributed by atoms with van der Waals surface area (Å²) >= 11 is 0. The van der Waals surface area contributed by atoms with Gasteiger partial charge in [0.15, 0.2) is 0 Å². The molecule has 2 aromatic heterocycles. The van der Waals surface area contributed by atoms with E-state index >= 15 is 0 Å². The van der Waals surface area contributed by atoms with Crippen LogP contribution < -0.4 is 5.63 Å². The molecule has 0 radical (unpaired) electrons. The van der Waals surface area contributed by atoms with Crippen molar-refractivity contribution in [2.24, 2.45) is 0 Å². The van der Waals surface area contributed by atoms with Gasteiger partial charge in [0.1, 0.15) is 18.0 Å². The van der Waals surface area contributed by atoms with E-state index in [1.807, 2.05) is 12.1 Å². The number of benzene rings is 1. The second-order valence-electron chi connectivity index (χ2n) is 6.02. The summed E-state index contributed by atoms with van der Waals surface area (Å²) in [4.78, 5) is 23.7. The van der Waals surface area contributed by atoms with Crippen molar-refractivity contribution in [3.63, 3.8) is 0 Å². The van der Waals surface area contributed by atoms with Gasteiger partial charge in [-0.15, -0.1) is 0 Å². The summed E-state index contributed by atoms with van der Waals surface area (Å²) in [6, 6.07) is 8.83. The lowest BCUT2D eigenvalue weighted by atomic mass is 10.0. The van der Waals surface area contributed by atoms with E-state index < -0.39 is 11.6 Å². The minimum absolute atomic E-state index is 0.0161. The molecule has 126 valence electrons. The van der Waals surface area contributed by atoms with Gasteiger partial charge in [-0.1, -0.05) is 0 Å². The third-order valence-corrected chi connectivity index (χ3v) is 4.34. The Morgan fingerprint density at radius 1 is 1.20 bits per heavy atom. The van der Waals surface area contributed by atoms with Gasteiger partial charge in [0, 0.05) is 23.1 Å². The summed E-state index contributed by atoms with van der Waals surface area (Å²) in [5, 5.41) is 0.822. The van der Waals surface area contributed by atoms with Crippen LogP contribution in [0, 0.1) is 0 Å². The Morgan fingerprint density at radius 2 is 2.04 bits per heavy atom. The molecule has 0 atom stereocenters. The first-order valence-electron chi connectivity index (χ1n) is 8.16. The average molecular weight is 336 g/mol. The Kier molecular flexibility index (Phi) is 3.98.